The van der Waals surface area contributed by atoms with E-state index >= 15 is 0 Å². The highest BCUT2D eigenvalue weighted by Crippen LogP contribution is 2.21. The van der Waals surface area contributed by atoms with Gasteiger partial charge < -0.3 is 16.0 Å². The third-order valence-electron chi connectivity index (χ3n) is 4.66. The van der Waals surface area contributed by atoms with Crippen LogP contribution in [0, 0.1) is 0 Å². The third kappa shape index (κ3) is 6.39. The number of rotatable bonds is 8. The zero-order valence-electron chi connectivity index (χ0n) is 15.8. The minimum Gasteiger partial charge on any atom is -0.329 e. The summed E-state index contributed by atoms with van der Waals surface area (Å²) >= 11 is 5.78. The first kappa shape index (κ1) is 22.0. The number of nitrogens with one attached hydrogen (secondary N) is 1. The molecule has 1 aromatic rings. The van der Waals surface area contributed by atoms with Crippen LogP contribution in [0.15, 0.2) is 18.3 Å². The second-order valence-electron chi connectivity index (χ2n) is 6.92. The molecule has 1 aliphatic heterocycles. The molecule has 2 heterocycles. The van der Waals surface area contributed by atoms with Crippen LogP contribution in [0.3, 0.4) is 0 Å². The Morgan fingerprint density at radius 1 is 1.41 bits per heavy atom. The molecule has 1 saturated heterocycles. The summed E-state index contributed by atoms with van der Waals surface area (Å²) in [5.74, 6) is -0.281. The summed E-state index contributed by atoms with van der Waals surface area (Å²) in [4.78, 5) is 18.8. The van der Waals surface area contributed by atoms with Gasteiger partial charge in [-0.25, -0.2) is 13.4 Å². The molecular weight excluding hydrogens is 390 g/mol. The standard InChI is InChI=1S/C17H28ClN5O3S/c1-13(2)22-8-5-15(6-9-22)23(27(25,26)10-7-19)12-17(24)21-16-4-3-14(18)11-20-16/h3-4,11,13,15H,5-10,12,19H2,1-2H3,(H,20,21,24). The summed E-state index contributed by atoms with van der Waals surface area (Å²) in [7, 11) is -3.62. The first-order valence-corrected chi connectivity index (χ1v) is 11.1. The summed E-state index contributed by atoms with van der Waals surface area (Å²) in [6.07, 6.45) is 2.80. The number of pyridine rings is 1. The number of halogens is 1. The van der Waals surface area contributed by atoms with Crippen LogP contribution < -0.4 is 11.1 Å². The van der Waals surface area contributed by atoms with Crippen LogP contribution in [0.4, 0.5) is 5.82 Å². The molecule has 152 valence electrons. The predicted molar refractivity (Wildman–Crippen MR) is 107 cm³/mol. The SMILES string of the molecule is CC(C)N1CCC(N(CC(=O)Nc2ccc(Cl)cn2)S(=O)(=O)CCN)CC1. The Kier molecular flexibility index (Phi) is 7.99. The number of nitrogens with zero attached hydrogens (tertiary/aromatic N) is 3. The molecule has 1 aromatic heterocycles. The molecule has 2 rings (SSSR count). The van der Waals surface area contributed by atoms with Gasteiger partial charge in [-0.05, 0) is 51.9 Å². The lowest BCUT2D eigenvalue weighted by atomic mass is 10.0. The Labute approximate surface area is 166 Å². The lowest BCUT2D eigenvalue weighted by Crippen LogP contribution is -2.51. The Bertz CT molecular complexity index is 719. The predicted octanol–water partition coefficient (Wildman–Crippen LogP) is 1.14. The summed E-state index contributed by atoms with van der Waals surface area (Å²) in [5, 5.41) is 3.08. The van der Waals surface area contributed by atoms with Gasteiger partial charge in [0.1, 0.15) is 5.82 Å². The van der Waals surface area contributed by atoms with Gasteiger partial charge in [-0.2, -0.15) is 4.31 Å². The van der Waals surface area contributed by atoms with Crippen LogP contribution in [0.2, 0.25) is 5.02 Å². The lowest BCUT2D eigenvalue weighted by Gasteiger charge is -2.39. The van der Waals surface area contributed by atoms with E-state index in [1.807, 2.05) is 0 Å². The van der Waals surface area contributed by atoms with Crippen LogP contribution in [-0.2, 0) is 14.8 Å². The van der Waals surface area contributed by atoms with E-state index in [2.05, 4.69) is 29.0 Å². The fourth-order valence-corrected chi connectivity index (χ4v) is 4.81. The van der Waals surface area contributed by atoms with Gasteiger partial charge in [0.15, 0.2) is 0 Å². The molecule has 0 atom stereocenters. The van der Waals surface area contributed by atoms with Gasteiger partial charge in [-0.15, -0.1) is 0 Å². The summed E-state index contributed by atoms with van der Waals surface area (Å²) in [6.45, 7) is 5.61. The van der Waals surface area contributed by atoms with E-state index in [-0.39, 0.29) is 24.9 Å². The van der Waals surface area contributed by atoms with Gasteiger partial charge in [-0.1, -0.05) is 11.6 Å². The number of amides is 1. The third-order valence-corrected chi connectivity index (χ3v) is 6.78. The summed E-state index contributed by atoms with van der Waals surface area (Å²) < 4.78 is 26.7. The quantitative estimate of drug-likeness (QED) is 0.656. The molecule has 1 amide bonds. The second kappa shape index (κ2) is 9.79. The Balaban J connectivity index is 2.08. The molecule has 0 aliphatic carbocycles. The van der Waals surface area contributed by atoms with Crippen molar-refractivity contribution < 1.29 is 13.2 Å². The number of sulfonamides is 1. The number of hydrogen-bond donors (Lipinski definition) is 2. The number of nitrogens with two attached hydrogens (primary N) is 1. The highest BCUT2D eigenvalue weighted by atomic mass is 35.5. The second-order valence-corrected chi connectivity index (χ2v) is 9.40. The Morgan fingerprint density at radius 3 is 2.59 bits per heavy atom. The van der Waals surface area contributed by atoms with Gasteiger partial charge in [0, 0.05) is 24.8 Å². The number of carbonyl (C=O) groups excluding carboxylic acids is 1. The van der Waals surface area contributed by atoms with E-state index in [9.17, 15) is 13.2 Å². The largest absolute Gasteiger partial charge is 0.329 e. The minimum atomic E-state index is -3.62. The molecule has 1 fully saturated rings. The van der Waals surface area contributed by atoms with E-state index in [0.717, 1.165) is 13.1 Å². The lowest BCUT2D eigenvalue weighted by molar-refractivity contribution is -0.116. The number of anilines is 1. The average molecular weight is 418 g/mol. The van der Waals surface area contributed by atoms with Crippen LogP contribution in [0.5, 0.6) is 0 Å². The van der Waals surface area contributed by atoms with Crippen molar-refractivity contribution in [2.45, 2.75) is 38.8 Å². The van der Waals surface area contributed by atoms with E-state index in [1.165, 1.54) is 10.5 Å². The highest BCUT2D eigenvalue weighted by Gasteiger charge is 2.34. The number of carbonyl (C=O) groups is 1. The zero-order valence-corrected chi connectivity index (χ0v) is 17.3. The van der Waals surface area contributed by atoms with Gasteiger partial charge >= 0.3 is 0 Å². The highest BCUT2D eigenvalue weighted by molar-refractivity contribution is 7.89. The molecule has 0 aromatic carbocycles. The number of likely N-dealkylation sites (tertiary alicyclic amines) is 1. The minimum absolute atomic E-state index is 0.0179. The van der Waals surface area contributed by atoms with Crippen LogP contribution in [0.25, 0.3) is 0 Å². The maximum atomic E-state index is 12.7. The maximum Gasteiger partial charge on any atom is 0.240 e. The number of hydrogen-bond acceptors (Lipinski definition) is 6. The fraction of sp³-hybridized carbons (Fsp3) is 0.647. The van der Waals surface area contributed by atoms with Crippen LogP contribution in [-0.4, -0.2) is 72.5 Å². The summed E-state index contributed by atoms with van der Waals surface area (Å²) in [5.41, 5.74) is 5.48. The maximum absolute atomic E-state index is 12.7. The fourth-order valence-electron chi connectivity index (χ4n) is 3.18. The molecule has 8 nitrogen and oxygen atoms in total. The summed E-state index contributed by atoms with van der Waals surface area (Å²) in [6, 6.07) is 3.38. The topological polar surface area (TPSA) is 109 Å². The molecule has 0 radical (unpaired) electrons. The van der Waals surface area contributed by atoms with Crippen molar-refractivity contribution in [3.63, 3.8) is 0 Å². The Hall–Kier alpha value is -1.26. The van der Waals surface area contributed by atoms with Gasteiger partial charge in [0.25, 0.3) is 0 Å². The number of aromatic nitrogens is 1. The van der Waals surface area contributed by atoms with Crippen LogP contribution in [0.1, 0.15) is 26.7 Å². The van der Waals surface area contributed by atoms with E-state index in [4.69, 9.17) is 17.3 Å². The van der Waals surface area contributed by atoms with Crippen molar-refractivity contribution in [3.8, 4) is 0 Å². The molecule has 0 unspecified atom stereocenters. The molecule has 0 bridgehead atoms. The first-order valence-electron chi connectivity index (χ1n) is 9.08. The van der Waals surface area contributed by atoms with E-state index < -0.39 is 15.9 Å². The molecule has 0 saturated carbocycles. The Morgan fingerprint density at radius 2 is 2.07 bits per heavy atom. The molecule has 27 heavy (non-hydrogen) atoms. The molecule has 10 heteroatoms. The van der Waals surface area contributed by atoms with Crippen LogP contribution >= 0.6 is 11.6 Å². The van der Waals surface area contributed by atoms with E-state index in [0.29, 0.717) is 29.7 Å². The van der Waals surface area contributed by atoms with Crippen molar-refractivity contribution in [2.24, 2.45) is 5.73 Å². The molecule has 0 spiro atoms. The zero-order chi connectivity index (χ0) is 20.0. The normalized spacial score (nSPS) is 16.8. The average Bonchev–Trinajstić information content (AvgIpc) is 2.61. The van der Waals surface area contributed by atoms with E-state index in [1.54, 1.807) is 12.1 Å². The van der Waals surface area contributed by atoms with Gasteiger partial charge in [0.2, 0.25) is 15.9 Å². The number of piperidine rings is 1. The van der Waals surface area contributed by atoms with Crippen molar-refractivity contribution in [1.29, 1.82) is 0 Å². The molecule has 1 aliphatic rings. The smallest absolute Gasteiger partial charge is 0.240 e. The first-order chi connectivity index (χ1) is 12.7. The monoisotopic (exact) mass is 417 g/mol. The van der Waals surface area contributed by atoms with Crippen molar-refractivity contribution in [2.75, 3.05) is 37.2 Å². The van der Waals surface area contributed by atoms with Crippen molar-refractivity contribution in [3.05, 3.63) is 23.4 Å². The van der Waals surface area contributed by atoms with Crippen molar-refractivity contribution >= 4 is 33.3 Å². The van der Waals surface area contributed by atoms with Gasteiger partial charge in [-0.3, -0.25) is 4.79 Å². The molecular formula is C17H28ClN5O3S. The van der Waals surface area contributed by atoms with Crippen molar-refractivity contribution in [1.82, 2.24) is 14.2 Å². The van der Waals surface area contributed by atoms with Gasteiger partial charge in [0.05, 0.1) is 17.3 Å². The molecule has 3 N–H and O–H groups in total.